The van der Waals surface area contributed by atoms with Crippen molar-refractivity contribution in [1.82, 2.24) is 5.32 Å². The van der Waals surface area contributed by atoms with Crippen LogP contribution in [0.4, 0.5) is 0 Å². The van der Waals surface area contributed by atoms with Crippen molar-refractivity contribution in [1.29, 1.82) is 0 Å². The Morgan fingerprint density at radius 3 is 2.38 bits per heavy atom. The zero-order valence-corrected chi connectivity index (χ0v) is 16.1. The Kier molecular flexibility index (Phi) is 6.31. The van der Waals surface area contributed by atoms with E-state index in [2.05, 4.69) is 61.9 Å². The van der Waals surface area contributed by atoms with E-state index in [0.29, 0.717) is 12.3 Å². The average molecular weight is 366 g/mol. The number of hydrogen-bond donors (Lipinski definition) is 2. The fourth-order valence-corrected chi connectivity index (χ4v) is 3.79. The molecule has 3 nitrogen and oxygen atoms in total. The normalized spacial score (nSPS) is 12.3. The lowest BCUT2D eigenvalue weighted by Crippen LogP contribution is -3.07. The van der Waals surface area contributed by atoms with Crippen molar-refractivity contribution in [2.75, 3.05) is 26.4 Å². The molecule has 0 heterocycles. The van der Waals surface area contributed by atoms with Crippen molar-refractivity contribution in [2.45, 2.75) is 10.9 Å². The van der Waals surface area contributed by atoms with E-state index in [4.69, 9.17) is 0 Å². The highest BCUT2D eigenvalue weighted by molar-refractivity contribution is 8.00. The smallest absolute Gasteiger partial charge is 0.230 e. The Bertz CT molecular complexity index is 864. The van der Waals surface area contributed by atoms with Crippen molar-refractivity contribution in [3.8, 4) is 0 Å². The van der Waals surface area contributed by atoms with Crippen molar-refractivity contribution >= 4 is 28.4 Å². The molecule has 0 saturated heterocycles. The Morgan fingerprint density at radius 2 is 1.65 bits per heavy atom. The molecule has 0 fully saturated rings. The van der Waals surface area contributed by atoms with E-state index < -0.39 is 0 Å². The summed E-state index contributed by atoms with van der Waals surface area (Å²) in [6.45, 7) is 0.642. The number of amides is 1. The van der Waals surface area contributed by atoms with Gasteiger partial charge >= 0.3 is 0 Å². The van der Waals surface area contributed by atoms with Gasteiger partial charge in [0.05, 0.1) is 26.4 Å². The van der Waals surface area contributed by atoms with Crippen LogP contribution in [-0.4, -0.2) is 32.3 Å². The number of hydrogen-bond acceptors (Lipinski definition) is 2. The van der Waals surface area contributed by atoms with Gasteiger partial charge in [-0.1, -0.05) is 60.7 Å². The lowest BCUT2D eigenvalue weighted by Gasteiger charge is -2.22. The van der Waals surface area contributed by atoms with Crippen molar-refractivity contribution < 1.29 is 9.69 Å². The van der Waals surface area contributed by atoms with E-state index in [-0.39, 0.29) is 11.9 Å². The molecule has 0 spiro atoms. The number of carbonyl (C=O) groups excluding carboxylic acids is 1. The number of quaternary nitrogens is 1. The third kappa shape index (κ3) is 4.87. The fraction of sp³-hybridized carbons (Fsp3) is 0.227. The second-order valence-electron chi connectivity index (χ2n) is 6.64. The van der Waals surface area contributed by atoms with Gasteiger partial charge in [0.25, 0.3) is 0 Å². The molecule has 3 rings (SSSR count). The minimum Gasteiger partial charge on any atom is -0.349 e. The summed E-state index contributed by atoms with van der Waals surface area (Å²) < 4.78 is 0. The van der Waals surface area contributed by atoms with E-state index in [1.165, 1.54) is 21.2 Å². The van der Waals surface area contributed by atoms with Crippen LogP contribution in [-0.2, 0) is 4.79 Å². The van der Waals surface area contributed by atoms with Gasteiger partial charge in [0.2, 0.25) is 5.91 Å². The SMILES string of the molecule is C[NH+](C)[C@@H](CNC(=O)CSc1ccc2ccccc2c1)c1ccccc1. The molecule has 0 aliphatic rings. The molecular formula is C22H25N2OS+. The van der Waals surface area contributed by atoms with E-state index >= 15 is 0 Å². The second-order valence-corrected chi connectivity index (χ2v) is 7.69. The summed E-state index contributed by atoms with van der Waals surface area (Å²) in [7, 11) is 4.24. The predicted octanol–water partition coefficient (Wildman–Crippen LogP) is 2.93. The Balaban J connectivity index is 1.54. The summed E-state index contributed by atoms with van der Waals surface area (Å²) in [6, 6.07) is 25.2. The molecule has 3 aromatic carbocycles. The molecule has 3 aromatic rings. The van der Waals surface area contributed by atoms with Crippen LogP contribution in [0, 0.1) is 0 Å². The molecule has 1 atom stereocenters. The van der Waals surface area contributed by atoms with Gasteiger partial charge in [-0.25, -0.2) is 0 Å². The van der Waals surface area contributed by atoms with E-state index in [9.17, 15) is 4.79 Å². The molecule has 134 valence electrons. The van der Waals surface area contributed by atoms with Crippen LogP contribution in [0.1, 0.15) is 11.6 Å². The van der Waals surface area contributed by atoms with Crippen molar-refractivity contribution in [3.05, 3.63) is 78.4 Å². The molecule has 4 heteroatoms. The molecule has 0 saturated carbocycles. The van der Waals surface area contributed by atoms with E-state index in [1.54, 1.807) is 11.8 Å². The number of likely N-dealkylation sites (N-methyl/N-ethyl adjacent to an activating group) is 1. The first-order valence-corrected chi connectivity index (χ1v) is 9.85. The highest BCUT2D eigenvalue weighted by Gasteiger charge is 2.18. The van der Waals surface area contributed by atoms with Crippen LogP contribution in [0.15, 0.2) is 77.7 Å². The number of carbonyl (C=O) groups is 1. The molecule has 0 unspecified atom stereocenters. The molecule has 0 aromatic heterocycles. The first kappa shape index (κ1) is 18.5. The summed E-state index contributed by atoms with van der Waals surface area (Å²) in [5, 5.41) is 5.52. The number of benzene rings is 3. The van der Waals surface area contributed by atoms with Crippen LogP contribution in [0.2, 0.25) is 0 Å². The zero-order chi connectivity index (χ0) is 18.4. The van der Waals surface area contributed by atoms with Crippen molar-refractivity contribution in [3.63, 3.8) is 0 Å². The number of rotatable bonds is 7. The maximum absolute atomic E-state index is 12.3. The van der Waals surface area contributed by atoms with Crippen LogP contribution < -0.4 is 10.2 Å². The zero-order valence-electron chi connectivity index (χ0n) is 15.2. The predicted molar refractivity (Wildman–Crippen MR) is 110 cm³/mol. The van der Waals surface area contributed by atoms with Gasteiger partial charge in [-0.15, -0.1) is 11.8 Å². The fourth-order valence-electron chi connectivity index (χ4n) is 3.01. The van der Waals surface area contributed by atoms with E-state index in [1.807, 2.05) is 30.3 Å². The van der Waals surface area contributed by atoms with E-state index in [0.717, 1.165) is 4.90 Å². The van der Waals surface area contributed by atoms with Gasteiger partial charge in [0.1, 0.15) is 6.04 Å². The molecule has 26 heavy (non-hydrogen) atoms. The first-order valence-electron chi connectivity index (χ1n) is 8.87. The van der Waals surface area contributed by atoms with Gasteiger partial charge < -0.3 is 10.2 Å². The summed E-state index contributed by atoms with van der Waals surface area (Å²) in [5.41, 5.74) is 1.25. The molecule has 0 bridgehead atoms. The number of fused-ring (bicyclic) bond motifs is 1. The van der Waals surface area contributed by atoms with Gasteiger partial charge in [0.15, 0.2) is 0 Å². The molecule has 0 radical (unpaired) electrons. The van der Waals surface area contributed by atoms with Gasteiger partial charge in [-0.05, 0) is 22.9 Å². The summed E-state index contributed by atoms with van der Waals surface area (Å²) in [5.74, 6) is 0.508. The molecule has 0 aliphatic heterocycles. The van der Waals surface area contributed by atoms with Gasteiger partial charge in [-0.2, -0.15) is 0 Å². The van der Waals surface area contributed by atoms with Crippen LogP contribution in [0.5, 0.6) is 0 Å². The third-order valence-corrected chi connectivity index (χ3v) is 5.49. The standard InChI is InChI=1S/C22H24N2OS/c1-24(2)21(18-9-4-3-5-10-18)15-23-22(25)16-26-20-13-12-17-8-6-7-11-19(17)14-20/h3-14,21H,15-16H2,1-2H3,(H,23,25)/p+1/t21-/m0/s1. The first-order chi connectivity index (χ1) is 12.6. The molecule has 0 aliphatic carbocycles. The lowest BCUT2D eigenvalue weighted by molar-refractivity contribution is -0.890. The Labute approximate surface area is 159 Å². The summed E-state index contributed by atoms with van der Waals surface area (Å²) in [6.07, 6.45) is 0. The molecule has 1 amide bonds. The second kappa shape index (κ2) is 8.88. The topological polar surface area (TPSA) is 33.5 Å². The van der Waals surface area contributed by atoms with Crippen LogP contribution in [0.25, 0.3) is 10.8 Å². The Hall–Kier alpha value is -2.30. The monoisotopic (exact) mass is 365 g/mol. The Morgan fingerprint density at radius 1 is 0.962 bits per heavy atom. The highest BCUT2D eigenvalue weighted by Crippen LogP contribution is 2.23. The largest absolute Gasteiger partial charge is 0.349 e. The minimum absolute atomic E-state index is 0.0744. The quantitative estimate of drug-likeness (QED) is 0.631. The van der Waals surface area contributed by atoms with Gasteiger partial charge in [-0.3, -0.25) is 4.79 Å². The van der Waals surface area contributed by atoms with Crippen molar-refractivity contribution in [2.24, 2.45) is 0 Å². The number of thioether (sulfide) groups is 1. The highest BCUT2D eigenvalue weighted by atomic mass is 32.2. The van der Waals surface area contributed by atoms with Crippen LogP contribution in [0.3, 0.4) is 0 Å². The minimum atomic E-state index is 0.0744. The maximum Gasteiger partial charge on any atom is 0.230 e. The van der Waals surface area contributed by atoms with Gasteiger partial charge in [0, 0.05) is 10.5 Å². The molecule has 2 N–H and O–H groups in total. The average Bonchev–Trinajstić information content (AvgIpc) is 2.67. The lowest BCUT2D eigenvalue weighted by atomic mass is 10.1. The third-order valence-electron chi connectivity index (χ3n) is 4.49. The molecular weight excluding hydrogens is 340 g/mol. The number of nitrogens with one attached hydrogen (secondary N) is 2. The maximum atomic E-state index is 12.3. The summed E-state index contributed by atoms with van der Waals surface area (Å²) in [4.78, 5) is 14.7. The van der Waals surface area contributed by atoms with Crippen LogP contribution >= 0.6 is 11.8 Å². The summed E-state index contributed by atoms with van der Waals surface area (Å²) >= 11 is 1.58.